The van der Waals surface area contributed by atoms with Crippen molar-refractivity contribution in [2.45, 2.75) is 44.6 Å². The van der Waals surface area contributed by atoms with Crippen LogP contribution in [0.2, 0.25) is 0 Å². The summed E-state index contributed by atoms with van der Waals surface area (Å²) in [5.41, 5.74) is 8.93. The number of hydrazine groups is 1. The lowest BCUT2D eigenvalue weighted by atomic mass is 9.84. The first kappa shape index (κ1) is 14.8. The van der Waals surface area contributed by atoms with Gasteiger partial charge in [-0.3, -0.25) is 10.2 Å². The van der Waals surface area contributed by atoms with Crippen molar-refractivity contribution >= 4 is 5.91 Å². The zero-order chi connectivity index (χ0) is 13.7. The summed E-state index contributed by atoms with van der Waals surface area (Å²) in [5.74, 6) is 0.887. The van der Waals surface area contributed by atoms with E-state index in [0.29, 0.717) is 18.4 Å². The van der Waals surface area contributed by atoms with E-state index in [1.54, 1.807) is 0 Å². The molecule has 0 aromatic heterocycles. The van der Waals surface area contributed by atoms with Gasteiger partial charge in [0.2, 0.25) is 5.91 Å². The predicted octanol–water partition coefficient (Wildman–Crippen LogP) is 0.563. The molecule has 3 N–H and O–H groups in total. The number of hydrogen-bond donors (Lipinski definition) is 2. The van der Waals surface area contributed by atoms with Crippen molar-refractivity contribution in [3.8, 4) is 0 Å². The van der Waals surface area contributed by atoms with Gasteiger partial charge in [-0.1, -0.05) is 0 Å². The van der Waals surface area contributed by atoms with Crippen LogP contribution in [0.1, 0.15) is 38.5 Å². The maximum absolute atomic E-state index is 11.9. The van der Waals surface area contributed by atoms with Crippen molar-refractivity contribution in [2.24, 2.45) is 11.7 Å². The average Bonchev–Trinajstić information content (AvgIpc) is 2.41. The Morgan fingerprint density at radius 2 is 1.79 bits per heavy atom. The largest absolute Gasteiger partial charge is 0.328 e. The van der Waals surface area contributed by atoms with Crippen molar-refractivity contribution in [3.63, 3.8) is 0 Å². The van der Waals surface area contributed by atoms with Gasteiger partial charge in [0.1, 0.15) is 0 Å². The molecule has 19 heavy (non-hydrogen) atoms. The second-order valence-electron chi connectivity index (χ2n) is 6.14. The fourth-order valence-corrected chi connectivity index (χ4v) is 2.96. The summed E-state index contributed by atoms with van der Waals surface area (Å²) < 4.78 is 0. The van der Waals surface area contributed by atoms with Crippen LogP contribution < -0.4 is 11.2 Å². The fourth-order valence-electron chi connectivity index (χ4n) is 2.96. The Hall–Kier alpha value is -0.650. The third kappa shape index (κ3) is 5.09. The van der Waals surface area contributed by atoms with Crippen molar-refractivity contribution in [3.05, 3.63) is 0 Å². The van der Waals surface area contributed by atoms with Crippen LogP contribution in [0.15, 0.2) is 0 Å². The Morgan fingerprint density at radius 1 is 1.16 bits per heavy atom. The highest BCUT2D eigenvalue weighted by molar-refractivity contribution is 5.75. The van der Waals surface area contributed by atoms with Gasteiger partial charge in [-0.2, -0.15) is 0 Å². The smallest absolute Gasteiger partial charge is 0.234 e. The van der Waals surface area contributed by atoms with Crippen molar-refractivity contribution < 1.29 is 4.79 Å². The molecule has 0 spiro atoms. The van der Waals surface area contributed by atoms with Gasteiger partial charge in [0, 0.05) is 38.6 Å². The molecule has 5 heteroatoms. The Balaban J connectivity index is 1.59. The minimum absolute atomic E-state index is 0.180. The molecular weight excluding hydrogens is 240 g/mol. The monoisotopic (exact) mass is 268 g/mol. The third-order valence-corrected chi connectivity index (χ3v) is 4.46. The molecule has 2 rings (SSSR count). The first-order valence-corrected chi connectivity index (χ1v) is 7.62. The van der Waals surface area contributed by atoms with Gasteiger partial charge in [-0.15, -0.1) is 0 Å². The van der Waals surface area contributed by atoms with Crippen LogP contribution in [0, 0.1) is 5.92 Å². The van der Waals surface area contributed by atoms with E-state index < -0.39 is 0 Å². The van der Waals surface area contributed by atoms with Crippen molar-refractivity contribution in [2.75, 3.05) is 33.2 Å². The van der Waals surface area contributed by atoms with E-state index in [1.165, 1.54) is 12.8 Å². The Morgan fingerprint density at radius 3 is 2.42 bits per heavy atom. The van der Waals surface area contributed by atoms with Crippen molar-refractivity contribution in [1.29, 1.82) is 0 Å². The van der Waals surface area contributed by atoms with Crippen LogP contribution in [0.3, 0.4) is 0 Å². The molecule has 1 aliphatic carbocycles. The first-order valence-electron chi connectivity index (χ1n) is 7.62. The van der Waals surface area contributed by atoms with Crippen LogP contribution in [0.5, 0.6) is 0 Å². The lowest BCUT2D eigenvalue weighted by Crippen LogP contribution is -2.52. The molecule has 0 atom stereocenters. The molecule has 1 heterocycles. The summed E-state index contributed by atoms with van der Waals surface area (Å²) in [6, 6.07) is 0.399. The molecule has 1 aliphatic heterocycles. The first-order chi connectivity index (χ1) is 9.13. The maximum atomic E-state index is 11.9. The number of carbonyl (C=O) groups excluding carboxylic acids is 1. The number of rotatable bonds is 4. The molecule has 0 bridgehead atoms. The molecule has 0 radical (unpaired) electrons. The number of hydrogen-bond acceptors (Lipinski definition) is 4. The minimum Gasteiger partial charge on any atom is -0.328 e. The van der Waals surface area contributed by atoms with Gasteiger partial charge in [0.25, 0.3) is 0 Å². The number of nitrogens with one attached hydrogen (secondary N) is 1. The highest BCUT2D eigenvalue weighted by Gasteiger charge is 2.20. The molecule has 1 amide bonds. The molecular formula is C14H28N4O. The average molecular weight is 268 g/mol. The quantitative estimate of drug-likeness (QED) is 0.782. The third-order valence-electron chi connectivity index (χ3n) is 4.46. The second kappa shape index (κ2) is 7.22. The molecule has 2 aliphatic rings. The van der Waals surface area contributed by atoms with Crippen molar-refractivity contribution in [1.82, 2.24) is 15.3 Å². The highest BCUT2D eigenvalue weighted by atomic mass is 16.2. The summed E-state index contributed by atoms with van der Waals surface area (Å²) in [6.07, 6.45) is 6.33. The number of piperazine rings is 1. The van der Waals surface area contributed by atoms with Gasteiger partial charge in [0.15, 0.2) is 0 Å². The SMILES string of the molecule is CN1CCN(NC(=O)CCC2CCC(N)CC2)CC1. The number of nitrogens with zero attached hydrogens (tertiary/aromatic N) is 2. The lowest BCUT2D eigenvalue weighted by Gasteiger charge is -2.32. The standard InChI is InChI=1S/C14H28N4O/c1-17-8-10-18(11-9-17)16-14(19)7-4-12-2-5-13(15)6-3-12/h12-13H,2-11,15H2,1H3,(H,16,19). The maximum Gasteiger partial charge on any atom is 0.234 e. The Labute approximate surface area is 116 Å². The molecule has 0 aromatic rings. The van der Waals surface area contributed by atoms with E-state index >= 15 is 0 Å². The minimum atomic E-state index is 0.180. The Bertz CT molecular complexity index is 281. The molecule has 1 saturated carbocycles. The molecule has 110 valence electrons. The molecule has 5 nitrogen and oxygen atoms in total. The van der Waals surface area contributed by atoms with E-state index in [9.17, 15) is 4.79 Å². The summed E-state index contributed by atoms with van der Waals surface area (Å²) in [6.45, 7) is 3.92. The van der Waals surface area contributed by atoms with Gasteiger partial charge in [0.05, 0.1) is 0 Å². The van der Waals surface area contributed by atoms with E-state index in [1.807, 2.05) is 0 Å². The number of amides is 1. The molecule has 0 aromatic carbocycles. The Kier molecular flexibility index (Phi) is 5.60. The van der Waals surface area contributed by atoms with E-state index in [4.69, 9.17) is 5.73 Å². The zero-order valence-electron chi connectivity index (χ0n) is 12.1. The van der Waals surface area contributed by atoms with E-state index in [2.05, 4.69) is 22.4 Å². The van der Waals surface area contributed by atoms with Gasteiger partial charge in [-0.05, 0) is 45.1 Å². The summed E-state index contributed by atoms with van der Waals surface area (Å²) in [7, 11) is 2.12. The van der Waals surface area contributed by atoms with Crippen LogP contribution in [-0.2, 0) is 4.79 Å². The number of carbonyl (C=O) groups is 1. The van der Waals surface area contributed by atoms with Gasteiger partial charge in [-0.25, -0.2) is 5.01 Å². The second-order valence-corrected chi connectivity index (χ2v) is 6.14. The number of nitrogens with two attached hydrogens (primary N) is 1. The van der Waals surface area contributed by atoms with Crippen LogP contribution >= 0.6 is 0 Å². The van der Waals surface area contributed by atoms with E-state index in [-0.39, 0.29) is 5.91 Å². The predicted molar refractivity (Wildman–Crippen MR) is 76.4 cm³/mol. The van der Waals surface area contributed by atoms with Crippen LogP contribution in [0.25, 0.3) is 0 Å². The molecule has 0 unspecified atom stereocenters. The van der Waals surface area contributed by atoms with Crippen LogP contribution in [0.4, 0.5) is 0 Å². The lowest BCUT2D eigenvalue weighted by molar-refractivity contribution is -0.127. The summed E-state index contributed by atoms with van der Waals surface area (Å²) >= 11 is 0. The fraction of sp³-hybridized carbons (Fsp3) is 0.929. The molecule has 2 fully saturated rings. The van der Waals surface area contributed by atoms with E-state index in [0.717, 1.165) is 45.4 Å². The topological polar surface area (TPSA) is 61.6 Å². The summed E-state index contributed by atoms with van der Waals surface area (Å²) in [5, 5.41) is 2.05. The normalized spacial score (nSPS) is 30.2. The number of likely N-dealkylation sites (N-methyl/N-ethyl adjacent to an activating group) is 1. The van der Waals surface area contributed by atoms with Gasteiger partial charge < -0.3 is 10.6 Å². The highest BCUT2D eigenvalue weighted by Crippen LogP contribution is 2.26. The summed E-state index contributed by atoms with van der Waals surface area (Å²) in [4.78, 5) is 14.2. The van der Waals surface area contributed by atoms with Crippen LogP contribution in [-0.4, -0.2) is 55.1 Å². The van der Waals surface area contributed by atoms with Gasteiger partial charge >= 0.3 is 0 Å². The molecule has 1 saturated heterocycles. The zero-order valence-corrected chi connectivity index (χ0v) is 12.1.